The highest BCUT2D eigenvalue weighted by Gasteiger charge is 2.34. The summed E-state index contributed by atoms with van der Waals surface area (Å²) in [6, 6.07) is 17.5. The van der Waals surface area contributed by atoms with Gasteiger partial charge in [-0.15, -0.1) is 0 Å². The summed E-state index contributed by atoms with van der Waals surface area (Å²) in [6.45, 7) is 4.43. The summed E-state index contributed by atoms with van der Waals surface area (Å²) in [6.07, 6.45) is 10.2. The minimum absolute atomic E-state index is 0.0103. The van der Waals surface area contributed by atoms with Crippen LogP contribution in [0.1, 0.15) is 82.4 Å². The summed E-state index contributed by atoms with van der Waals surface area (Å²) in [4.78, 5) is 12.1. The van der Waals surface area contributed by atoms with Crippen molar-refractivity contribution in [3.63, 3.8) is 0 Å². The van der Waals surface area contributed by atoms with E-state index in [4.69, 9.17) is 4.74 Å². The first-order chi connectivity index (χ1) is 13.7. The summed E-state index contributed by atoms with van der Waals surface area (Å²) in [7, 11) is 0. The van der Waals surface area contributed by atoms with Gasteiger partial charge in [-0.2, -0.15) is 0 Å². The average molecular weight is 379 g/mol. The lowest BCUT2D eigenvalue weighted by Crippen LogP contribution is -2.06. The zero-order valence-corrected chi connectivity index (χ0v) is 17.5. The number of carbonyl (C=O) groups is 1. The Labute approximate surface area is 170 Å². The fraction of sp³-hybridized carbons (Fsp3) is 0.500. The van der Waals surface area contributed by atoms with Gasteiger partial charge < -0.3 is 4.74 Å². The second kappa shape index (κ2) is 10.5. The summed E-state index contributed by atoms with van der Waals surface area (Å²) >= 11 is 0. The smallest absolute Gasteiger partial charge is 0.309 e. The Morgan fingerprint density at radius 3 is 2.07 bits per heavy atom. The molecule has 1 fully saturated rings. The average Bonchev–Trinajstić information content (AvgIpc) is 3.10. The molecule has 2 aromatic rings. The largest absolute Gasteiger partial charge is 0.457 e. The SMILES string of the molecule is CCCCCc1ccc(-c2ccc([C@@H]3C[C@H](CCCCC)C(=O)O3)cc2)cc1. The quantitative estimate of drug-likeness (QED) is 0.321. The highest BCUT2D eigenvalue weighted by Crippen LogP contribution is 2.36. The van der Waals surface area contributed by atoms with Gasteiger partial charge in [-0.1, -0.05) is 94.5 Å². The molecular weight excluding hydrogens is 344 g/mol. The molecule has 1 saturated heterocycles. The van der Waals surface area contributed by atoms with Crippen LogP contribution in [0, 0.1) is 5.92 Å². The van der Waals surface area contributed by atoms with Crippen molar-refractivity contribution in [2.75, 3.05) is 0 Å². The van der Waals surface area contributed by atoms with Crippen LogP contribution >= 0.6 is 0 Å². The first kappa shape index (κ1) is 20.6. The molecule has 150 valence electrons. The molecule has 0 aromatic heterocycles. The Kier molecular flexibility index (Phi) is 7.71. The van der Waals surface area contributed by atoms with Gasteiger partial charge in [0.1, 0.15) is 6.10 Å². The number of ether oxygens (including phenoxy) is 1. The summed E-state index contributed by atoms with van der Waals surface area (Å²) < 4.78 is 5.66. The predicted octanol–water partition coefficient (Wildman–Crippen LogP) is 7.27. The molecule has 1 heterocycles. The van der Waals surface area contributed by atoms with E-state index in [0.29, 0.717) is 0 Å². The molecule has 0 saturated carbocycles. The van der Waals surface area contributed by atoms with Gasteiger partial charge in [0.05, 0.1) is 5.92 Å². The molecule has 1 aliphatic heterocycles. The van der Waals surface area contributed by atoms with Crippen LogP contribution in [0.5, 0.6) is 0 Å². The van der Waals surface area contributed by atoms with Crippen molar-refractivity contribution in [3.05, 3.63) is 59.7 Å². The van der Waals surface area contributed by atoms with E-state index in [1.54, 1.807) is 0 Å². The molecule has 0 bridgehead atoms. The van der Waals surface area contributed by atoms with Gasteiger partial charge >= 0.3 is 5.97 Å². The summed E-state index contributed by atoms with van der Waals surface area (Å²) in [5.74, 6) is 0.0697. The summed E-state index contributed by atoms with van der Waals surface area (Å²) in [5, 5.41) is 0. The van der Waals surface area contributed by atoms with E-state index in [1.165, 1.54) is 55.2 Å². The van der Waals surface area contributed by atoms with Crippen LogP contribution in [-0.4, -0.2) is 5.97 Å². The first-order valence-electron chi connectivity index (χ1n) is 11.1. The minimum Gasteiger partial charge on any atom is -0.457 e. The van der Waals surface area contributed by atoms with Crippen LogP contribution in [0.2, 0.25) is 0 Å². The zero-order chi connectivity index (χ0) is 19.8. The normalized spacial score (nSPS) is 19.0. The van der Waals surface area contributed by atoms with Crippen LogP contribution in [0.4, 0.5) is 0 Å². The van der Waals surface area contributed by atoms with E-state index in [9.17, 15) is 4.79 Å². The standard InChI is InChI=1S/C26H34O2/c1-3-5-7-9-20-11-13-21(14-12-20)22-15-17-23(18-16-22)25-19-24(26(27)28-25)10-8-6-4-2/h11-18,24-25H,3-10,19H2,1-2H3/t24-,25-/m0/s1. The first-order valence-corrected chi connectivity index (χ1v) is 11.1. The topological polar surface area (TPSA) is 26.3 Å². The number of hydrogen-bond acceptors (Lipinski definition) is 2. The second-order valence-electron chi connectivity index (χ2n) is 8.13. The van der Waals surface area contributed by atoms with E-state index >= 15 is 0 Å². The van der Waals surface area contributed by atoms with Gasteiger partial charge in [0.15, 0.2) is 0 Å². The lowest BCUT2D eigenvalue weighted by Gasteiger charge is -2.11. The lowest BCUT2D eigenvalue weighted by molar-refractivity contribution is -0.144. The Balaban J connectivity index is 1.58. The maximum Gasteiger partial charge on any atom is 0.309 e. The Morgan fingerprint density at radius 1 is 0.821 bits per heavy atom. The molecule has 1 aliphatic rings. The fourth-order valence-corrected chi connectivity index (χ4v) is 4.05. The lowest BCUT2D eigenvalue weighted by atomic mass is 9.94. The maximum atomic E-state index is 12.1. The van der Waals surface area contributed by atoms with E-state index in [0.717, 1.165) is 24.8 Å². The molecule has 0 N–H and O–H groups in total. The fourth-order valence-electron chi connectivity index (χ4n) is 4.05. The molecule has 0 aliphatic carbocycles. The Bertz CT molecular complexity index is 730. The third kappa shape index (κ3) is 5.47. The molecule has 3 rings (SSSR count). The van der Waals surface area contributed by atoms with Crippen molar-refractivity contribution in [1.29, 1.82) is 0 Å². The van der Waals surface area contributed by atoms with Crippen molar-refractivity contribution in [1.82, 2.24) is 0 Å². The number of cyclic esters (lactones) is 1. The van der Waals surface area contributed by atoms with E-state index in [-0.39, 0.29) is 18.0 Å². The number of unbranched alkanes of at least 4 members (excludes halogenated alkanes) is 4. The number of rotatable bonds is 10. The van der Waals surface area contributed by atoms with Gasteiger partial charge in [-0.05, 0) is 41.5 Å². The number of hydrogen-bond donors (Lipinski definition) is 0. The molecule has 2 heteroatoms. The van der Waals surface area contributed by atoms with Gasteiger partial charge in [0, 0.05) is 6.42 Å². The maximum absolute atomic E-state index is 12.1. The van der Waals surface area contributed by atoms with Crippen molar-refractivity contribution >= 4 is 5.97 Å². The van der Waals surface area contributed by atoms with Gasteiger partial charge in [-0.3, -0.25) is 4.79 Å². The Hall–Kier alpha value is -2.09. The van der Waals surface area contributed by atoms with Crippen molar-refractivity contribution in [2.45, 2.75) is 77.7 Å². The molecule has 28 heavy (non-hydrogen) atoms. The molecular formula is C26H34O2. The second-order valence-corrected chi connectivity index (χ2v) is 8.13. The number of benzene rings is 2. The van der Waals surface area contributed by atoms with Crippen LogP contribution in [0.25, 0.3) is 11.1 Å². The third-order valence-corrected chi connectivity index (χ3v) is 5.89. The van der Waals surface area contributed by atoms with Gasteiger partial charge in [-0.25, -0.2) is 0 Å². The van der Waals surface area contributed by atoms with Crippen molar-refractivity contribution in [2.24, 2.45) is 5.92 Å². The highest BCUT2D eigenvalue weighted by molar-refractivity contribution is 5.75. The van der Waals surface area contributed by atoms with Crippen LogP contribution < -0.4 is 0 Å². The van der Waals surface area contributed by atoms with Crippen LogP contribution in [0.3, 0.4) is 0 Å². The van der Waals surface area contributed by atoms with E-state index in [2.05, 4.69) is 62.4 Å². The number of carbonyl (C=O) groups excluding carboxylic acids is 1. The number of esters is 1. The van der Waals surface area contributed by atoms with Crippen LogP contribution in [-0.2, 0) is 16.0 Å². The molecule has 0 radical (unpaired) electrons. The highest BCUT2D eigenvalue weighted by atomic mass is 16.5. The third-order valence-electron chi connectivity index (χ3n) is 5.89. The van der Waals surface area contributed by atoms with Crippen molar-refractivity contribution in [3.8, 4) is 11.1 Å². The van der Waals surface area contributed by atoms with E-state index < -0.39 is 0 Å². The van der Waals surface area contributed by atoms with Gasteiger partial charge in [0.25, 0.3) is 0 Å². The predicted molar refractivity (Wildman–Crippen MR) is 116 cm³/mol. The molecule has 0 unspecified atom stereocenters. The van der Waals surface area contributed by atoms with Gasteiger partial charge in [0.2, 0.25) is 0 Å². The minimum atomic E-state index is -0.0749. The Morgan fingerprint density at radius 2 is 1.43 bits per heavy atom. The van der Waals surface area contributed by atoms with E-state index in [1.807, 2.05) is 0 Å². The number of aryl methyl sites for hydroxylation is 1. The molecule has 2 aromatic carbocycles. The molecule has 2 nitrogen and oxygen atoms in total. The molecule has 2 atom stereocenters. The zero-order valence-electron chi connectivity index (χ0n) is 17.5. The molecule has 0 spiro atoms. The summed E-state index contributed by atoms with van der Waals surface area (Å²) in [5.41, 5.74) is 4.99. The monoisotopic (exact) mass is 378 g/mol. The van der Waals surface area contributed by atoms with Crippen LogP contribution in [0.15, 0.2) is 48.5 Å². The van der Waals surface area contributed by atoms with Crippen molar-refractivity contribution < 1.29 is 9.53 Å². The molecule has 0 amide bonds.